The molecule has 2 rings (SSSR count). The average Bonchev–Trinajstić information content (AvgIpc) is 2.94. The van der Waals surface area contributed by atoms with E-state index in [0.717, 1.165) is 30.0 Å². The van der Waals surface area contributed by atoms with Crippen LogP contribution in [0, 0.1) is 6.92 Å². The third kappa shape index (κ3) is 5.00. The minimum absolute atomic E-state index is 0. The lowest BCUT2D eigenvalue weighted by molar-refractivity contribution is 0.122. The molecule has 0 atom stereocenters. The van der Waals surface area contributed by atoms with E-state index < -0.39 is 6.43 Å². The summed E-state index contributed by atoms with van der Waals surface area (Å²) in [5.74, 6) is 0. The smallest absolute Gasteiger partial charge is 0.257 e. The van der Waals surface area contributed by atoms with Gasteiger partial charge in [-0.15, -0.1) is 12.4 Å². The van der Waals surface area contributed by atoms with Crippen LogP contribution >= 0.6 is 12.4 Å². The van der Waals surface area contributed by atoms with Gasteiger partial charge >= 0.3 is 0 Å². The largest absolute Gasteiger partial charge is 0.377 e. The molecule has 0 unspecified atom stereocenters. The molecule has 0 bridgehead atoms. The summed E-state index contributed by atoms with van der Waals surface area (Å²) in [5.41, 5.74) is 2.78. The van der Waals surface area contributed by atoms with Gasteiger partial charge in [-0.2, -0.15) is 10.2 Å². The molecule has 2 aromatic heterocycles. The van der Waals surface area contributed by atoms with Crippen molar-refractivity contribution >= 4 is 18.1 Å². The van der Waals surface area contributed by atoms with Crippen LogP contribution in [0.4, 0.5) is 14.5 Å². The quantitative estimate of drug-likeness (QED) is 0.853. The molecule has 8 heteroatoms. The van der Waals surface area contributed by atoms with Crippen LogP contribution in [0.3, 0.4) is 0 Å². The highest BCUT2D eigenvalue weighted by atomic mass is 35.5. The zero-order chi connectivity index (χ0) is 14.5. The van der Waals surface area contributed by atoms with Crippen LogP contribution in [0.25, 0.3) is 0 Å². The molecule has 21 heavy (non-hydrogen) atoms. The Hall–Kier alpha value is -1.63. The van der Waals surface area contributed by atoms with E-state index in [9.17, 15) is 8.78 Å². The van der Waals surface area contributed by atoms with Crippen LogP contribution in [0.5, 0.6) is 0 Å². The Labute approximate surface area is 128 Å². The third-order valence-electron chi connectivity index (χ3n) is 2.85. The molecular weight excluding hydrogens is 300 g/mol. The van der Waals surface area contributed by atoms with Gasteiger partial charge in [0.05, 0.1) is 29.8 Å². The van der Waals surface area contributed by atoms with Crippen LogP contribution in [0.2, 0.25) is 0 Å². The molecule has 2 heterocycles. The van der Waals surface area contributed by atoms with Gasteiger partial charge in [-0.05, 0) is 19.4 Å². The molecule has 0 saturated carbocycles. The van der Waals surface area contributed by atoms with Crippen molar-refractivity contribution in [1.29, 1.82) is 0 Å². The normalized spacial score (nSPS) is 10.7. The maximum absolute atomic E-state index is 12.2. The molecule has 0 fully saturated rings. The molecule has 5 nitrogen and oxygen atoms in total. The Morgan fingerprint density at radius 1 is 1.38 bits per heavy atom. The summed E-state index contributed by atoms with van der Waals surface area (Å²) in [6.45, 7) is 5.14. The van der Waals surface area contributed by atoms with Gasteiger partial charge in [-0.1, -0.05) is 6.92 Å². The van der Waals surface area contributed by atoms with Crippen molar-refractivity contribution in [2.45, 2.75) is 46.3 Å². The van der Waals surface area contributed by atoms with Gasteiger partial charge in [0, 0.05) is 12.7 Å². The molecule has 0 aromatic carbocycles. The Morgan fingerprint density at radius 3 is 2.81 bits per heavy atom. The molecule has 1 N–H and O–H groups in total. The summed E-state index contributed by atoms with van der Waals surface area (Å²) in [7, 11) is 0. The van der Waals surface area contributed by atoms with Crippen molar-refractivity contribution in [3.8, 4) is 0 Å². The Balaban J connectivity index is 0.00000220. The fourth-order valence-electron chi connectivity index (χ4n) is 2.04. The van der Waals surface area contributed by atoms with Crippen molar-refractivity contribution in [2.24, 2.45) is 0 Å². The SMILES string of the molecule is CCCn1nc(C)cc1CNc1cnn(CC(F)F)c1.Cl. The monoisotopic (exact) mass is 319 g/mol. The fourth-order valence-corrected chi connectivity index (χ4v) is 2.04. The van der Waals surface area contributed by atoms with Crippen LogP contribution in [-0.2, 0) is 19.6 Å². The van der Waals surface area contributed by atoms with Crippen LogP contribution in [-0.4, -0.2) is 26.0 Å². The van der Waals surface area contributed by atoms with E-state index in [1.807, 2.05) is 17.7 Å². The molecule has 0 aliphatic carbocycles. The van der Waals surface area contributed by atoms with Gasteiger partial charge < -0.3 is 5.32 Å². The Morgan fingerprint density at radius 2 is 2.14 bits per heavy atom. The van der Waals surface area contributed by atoms with E-state index in [1.54, 1.807) is 12.4 Å². The number of halogens is 3. The van der Waals surface area contributed by atoms with Gasteiger partial charge in [0.25, 0.3) is 6.43 Å². The standard InChI is InChI=1S/C13H19F2N5.ClH/c1-3-4-20-12(5-10(2)18-20)7-16-11-6-17-19(8-11)9-13(14)15;/h5-6,8,13,16H,3-4,7,9H2,1-2H3;1H. The lowest BCUT2D eigenvalue weighted by atomic mass is 10.3. The topological polar surface area (TPSA) is 47.7 Å². The number of rotatable bonds is 7. The molecule has 118 valence electrons. The molecule has 0 amide bonds. The summed E-state index contributed by atoms with van der Waals surface area (Å²) < 4.78 is 27.7. The fraction of sp³-hybridized carbons (Fsp3) is 0.538. The number of aryl methyl sites for hydroxylation is 2. The van der Waals surface area contributed by atoms with Gasteiger partial charge in [0.2, 0.25) is 0 Å². The molecular formula is C13H20ClF2N5. The highest BCUT2D eigenvalue weighted by molar-refractivity contribution is 5.85. The van der Waals surface area contributed by atoms with E-state index in [4.69, 9.17) is 0 Å². The number of aromatic nitrogens is 4. The van der Waals surface area contributed by atoms with E-state index in [1.165, 1.54) is 4.68 Å². The maximum atomic E-state index is 12.2. The molecule has 0 spiro atoms. The predicted octanol–water partition coefficient (Wildman–Crippen LogP) is 3.10. The van der Waals surface area contributed by atoms with Crippen molar-refractivity contribution < 1.29 is 8.78 Å². The van der Waals surface area contributed by atoms with Crippen LogP contribution in [0.1, 0.15) is 24.7 Å². The molecule has 0 aliphatic heterocycles. The van der Waals surface area contributed by atoms with E-state index in [2.05, 4.69) is 22.4 Å². The van der Waals surface area contributed by atoms with E-state index >= 15 is 0 Å². The zero-order valence-electron chi connectivity index (χ0n) is 12.1. The first kappa shape index (κ1) is 17.4. The lowest BCUT2D eigenvalue weighted by Gasteiger charge is -2.07. The minimum atomic E-state index is -2.39. The predicted molar refractivity (Wildman–Crippen MR) is 80.1 cm³/mol. The van der Waals surface area contributed by atoms with Crippen molar-refractivity contribution in [1.82, 2.24) is 19.6 Å². The molecule has 0 radical (unpaired) electrons. The number of hydrogen-bond acceptors (Lipinski definition) is 3. The third-order valence-corrected chi connectivity index (χ3v) is 2.85. The second-order valence-electron chi connectivity index (χ2n) is 4.70. The average molecular weight is 320 g/mol. The summed E-state index contributed by atoms with van der Waals surface area (Å²) >= 11 is 0. The van der Waals surface area contributed by atoms with Gasteiger partial charge in [0.1, 0.15) is 6.54 Å². The molecule has 2 aromatic rings. The van der Waals surface area contributed by atoms with Crippen molar-refractivity contribution in [2.75, 3.05) is 5.32 Å². The van der Waals surface area contributed by atoms with E-state index in [-0.39, 0.29) is 19.0 Å². The van der Waals surface area contributed by atoms with Crippen molar-refractivity contribution in [3.05, 3.63) is 29.8 Å². The number of anilines is 1. The number of hydrogen-bond donors (Lipinski definition) is 1. The Bertz CT molecular complexity index is 553. The van der Waals surface area contributed by atoms with Crippen LogP contribution < -0.4 is 5.32 Å². The van der Waals surface area contributed by atoms with E-state index in [0.29, 0.717) is 6.54 Å². The maximum Gasteiger partial charge on any atom is 0.257 e. The summed E-state index contributed by atoms with van der Waals surface area (Å²) in [5, 5.41) is 11.5. The Kier molecular flexibility index (Phi) is 6.61. The number of nitrogens with one attached hydrogen (secondary N) is 1. The molecule has 0 saturated heterocycles. The summed E-state index contributed by atoms with van der Waals surface area (Å²) in [4.78, 5) is 0. The first-order valence-electron chi connectivity index (χ1n) is 6.66. The van der Waals surface area contributed by atoms with Gasteiger partial charge in [-0.25, -0.2) is 8.78 Å². The zero-order valence-corrected chi connectivity index (χ0v) is 12.9. The highest BCUT2D eigenvalue weighted by Crippen LogP contribution is 2.11. The number of alkyl halides is 2. The second kappa shape index (κ2) is 7.97. The number of nitrogens with zero attached hydrogens (tertiary/aromatic N) is 4. The first-order valence-corrected chi connectivity index (χ1v) is 6.66. The van der Waals surface area contributed by atoms with Gasteiger partial charge in [-0.3, -0.25) is 9.36 Å². The lowest BCUT2D eigenvalue weighted by Crippen LogP contribution is -2.09. The van der Waals surface area contributed by atoms with Gasteiger partial charge in [0.15, 0.2) is 0 Å². The van der Waals surface area contributed by atoms with Crippen molar-refractivity contribution in [3.63, 3.8) is 0 Å². The minimum Gasteiger partial charge on any atom is -0.377 e. The first-order chi connectivity index (χ1) is 9.58. The second-order valence-corrected chi connectivity index (χ2v) is 4.70. The molecule has 0 aliphatic rings. The summed E-state index contributed by atoms with van der Waals surface area (Å²) in [6.07, 6.45) is 1.76. The highest BCUT2D eigenvalue weighted by Gasteiger charge is 2.07. The van der Waals surface area contributed by atoms with Crippen LogP contribution in [0.15, 0.2) is 18.5 Å². The summed E-state index contributed by atoms with van der Waals surface area (Å²) in [6, 6.07) is 2.02.